The predicted molar refractivity (Wildman–Crippen MR) is 73.0 cm³/mol. The van der Waals surface area contributed by atoms with E-state index >= 15 is 0 Å². The molecule has 4 N–H and O–H groups in total. The van der Waals surface area contributed by atoms with E-state index in [0.29, 0.717) is 19.6 Å². The summed E-state index contributed by atoms with van der Waals surface area (Å²) in [7, 11) is 0. The van der Waals surface area contributed by atoms with Crippen molar-refractivity contribution in [2.45, 2.75) is 58.5 Å². The summed E-state index contributed by atoms with van der Waals surface area (Å²) in [5.41, 5.74) is 0. The maximum Gasteiger partial charge on any atom is 0.0781 e. The second kappa shape index (κ2) is 14.2. The first-order valence-electron chi connectivity index (χ1n) is 6.68. The van der Waals surface area contributed by atoms with Gasteiger partial charge in [0.15, 0.2) is 0 Å². The number of hydrogen-bond donors (Lipinski definition) is 4. The van der Waals surface area contributed by atoms with Gasteiger partial charge >= 0.3 is 0 Å². The molecule has 0 aromatic carbocycles. The van der Waals surface area contributed by atoms with E-state index in [1.165, 1.54) is 0 Å². The Kier molecular flexibility index (Phi) is 15.7. The van der Waals surface area contributed by atoms with Gasteiger partial charge < -0.3 is 29.9 Å². The summed E-state index contributed by atoms with van der Waals surface area (Å²) in [6, 6.07) is 0. The van der Waals surface area contributed by atoms with Gasteiger partial charge in [0.2, 0.25) is 0 Å². The lowest BCUT2D eigenvalue weighted by Crippen LogP contribution is -2.24. The van der Waals surface area contributed by atoms with Crippen molar-refractivity contribution in [2.75, 3.05) is 26.4 Å². The van der Waals surface area contributed by atoms with Gasteiger partial charge in [-0.15, -0.1) is 0 Å². The maximum absolute atomic E-state index is 8.92. The van der Waals surface area contributed by atoms with Crippen molar-refractivity contribution in [3.05, 3.63) is 0 Å². The smallest absolute Gasteiger partial charge is 0.0781 e. The normalized spacial score (nSPS) is 17.1. The summed E-state index contributed by atoms with van der Waals surface area (Å²) >= 11 is 0. The fourth-order valence-corrected chi connectivity index (χ4v) is 0.833. The van der Waals surface area contributed by atoms with Crippen LogP contribution in [0.25, 0.3) is 0 Å². The molecular formula is C13H30O6. The molecule has 0 aliphatic carbocycles. The van der Waals surface area contributed by atoms with Gasteiger partial charge in [-0.05, 0) is 27.2 Å². The Balaban J connectivity index is 0. The van der Waals surface area contributed by atoms with Crippen molar-refractivity contribution >= 4 is 0 Å². The molecule has 0 aromatic rings. The summed E-state index contributed by atoms with van der Waals surface area (Å²) in [6.45, 7) is 7.81. The van der Waals surface area contributed by atoms with E-state index in [0.717, 1.165) is 0 Å². The standard InChI is InChI=1S/C9H20O4.C4H10O2/c1-7(11)5-12-9(3)6-13-8(2)4-10;1-2-4(6)3-5/h7-11H,4-6H2,1-3H3;4-6H,2-3H2,1H3. The van der Waals surface area contributed by atoms with Crippen LogP contribution in [0.4, 0.5) is 0 Å². The molecule has 0 aromatic heterocycles. The Hall–Kier alpha value is -0.240. The van der Waals surface area contributed by atoms with Gasteiger partial charge in [-0.3, -0.25) is 0 Å². The van der Waals surface area contributed by atoms with Gasteiger partial charge in [-0.25, -0.2) is 0 Å². The molecule has 6 nitrogen and oxygen atoms in total. The molecule has 0 aliphatic rings. The largest absolute Gasteiger partial charge is 0.394 e. The Morgan fingerprint density at radius 3 is 1.68 bits per heavy atom. The van der Waals surface area contributed by atoms with E-state index in [2.05, 4.69) is 0 Å². The lowest BCUT2D eigenvalue weighted by atomic mass is 10.3. The zero-order valence-corrected chi connectivity index (χ0v) is 12.5. The topological polar surface area (TPSA) is 99.4 Å². The van der Waals surface area contributed by atoms with Crippen LogP contribution >= 0.6 is 0 Å². The third-order valence-corrected chi connectivity index (χ3v) is 2.18. The number of aliphatic hydroxyl groups excluding tert-OH is 4. The minimum Gasteiger partial charge on any atom is -0.394 e. The third kappa shape index (κ3) is 17.8. The van der Waals surface area contributed by atoms with Gasteiger partial charge in [0.25, 0.3) is 0 Å². The van der Waals surface area contributed by atoms with Crippen molar-refractivity contribution in [3.63, 3.8) is 0 Å². The summed E-state index contributed by atoms with van der Waals surface area (Å²) in [4.78, 5) is 0. The van der Waals surface area contributed by atoms with Crippen molar-refractivity contribution in [2.24, 2.45) is 0 Å². The minimum atomic E-state index is -0.509. The van der Waals surface area contributed by atoms with Crippen molar-refractivity contribution in [1.29, 1.82) is 0 Å². The maximum atomic E-state index is 8.92. The number of rotatable bonds is 9. The first kappa shape index (κ1) is 21.1. The molecule has 0 saturated heterocycles. The van der Waals surface area contributed by atoms with Gasteiger partial charge in [-0.2, -0.15) is 0 Å². The highest BCUT2D eigenvalue weighted by atomic mass is 16.5. The molecule has 6 heteroatoms. The molecule has 4 atom stereocenters. The molecule has 0 amide bonds. The molecular weight excluding hydrogens is 252 g/mol. The molecule has 0 radical (unpaired) electrons. The quantitative estimate of drug-likeness (QED) is 0.472. The number of hydrogen-bond acceptors (Lipinski definition) is 6. The van der Waals surface area contributed by atoms with Crippen LogP contribution in [0.2, 0.25) is 0 Å². The highest BCUT2D eigenvalue weighted by Gasteiger charge is 2.06. The van der Waals surface area contributed by atoms with Crippen LogP contribution in [-0.2, 0) is 9.47 Å². The second-order valence-corrected chi connectivity index (χ2v) is 4.56. The zero-order chi connectivity index (χ0) is 15.3. The molecule has 19 heavy (non-hydrogen) atoms. The highest BCUT2D eigenvalue weighted by Crippen LogP contribution is 1.97. The molecule has 0 spiro atoms. The first-order valence-corrected chi connectivity index (χ1v) is 6.68. The van der Waals surface area contributed by atoms with E-state index in [-0.39, 0.29) is 25.4 Å². The molecule has 0 fully saturated rings. The molecule has 0 bridgehead atoms. The zero-order valence-electron chi connectivity index (χ0n) is 12.5. The lowest BCUT2D eigenvalue weighted by Gasteiger charge is -2.16. The van der Waals surface area contributed by atoms with Crippen LogP contribution < -0.4 is 0 Å². The fraction of sp³-hybridized carbons (Fsp3) is 1.00. The number of ether oxygens (including phenoxy) is 2. The average molecular weight is 282 g/mol. The van der Waals surface area contributed by atoms with Crippen LogP contribution in [0.1, 0.15) is 34.1 Å². The number of aliphatic hydroxyl groups is 4. The molecule has 0 heterocycles. The summed E-state index contributed by atoms with van der Waals surface area (Å²) in [5.74, 6) is 0. The van der Waals surface area contributed by atoms with E-state index < -0.39 is 12.2 Å². The van der Waals surface area contributed by atoms with Gasteiger partial charge in [0.05, 0.1) is 50.8 Å². The fourth-order valence-electron chi connectivity index (χ4n) is 0.833. The first-order chi connectivity index (χ1) is 8.87. The SMILES string of the molecule is CC(O)COC(C)COC(C)CO.CCC(O)CO. The summed E-state index contributed by atoms with van der Waals surface area (Å²) < 4.78 is 10.5. The Morgan fingerprint density at radius 1 is 0.842 bits per heavy atom. The molecule has 118 valence electrons. The minimum absolute atomic E-state index is 0.0170. The van der Waals surface area contributed by atoms with Crippen molar-refractivity contribution < 1.29 is 29.9 Å². The third-order valence-electron chi connectivity index (χ3n) is 2.18. The van der Waals surface area contributed by atoms with Gasteiger partial charge in [-0.1, -0.05) is 6.92 Å². The van der Waals surface area contributed by atoms with E-state index in [9.17, 15) is 0 Å². The van der Waals surface area contributed by atoms with Crippen molar-refractivity contribution in [3.8, 4) is 0 Å². The Labute approximate surface area is 116 Å². The molecule has 0 saturated carbocycles. The average Bonchev–Trinajstić information content (AvgIpc) is 2.41. The summed E-state index contributed by atoms with van der Waals surface area (Å²) in [5, 5.41) is 34.1. The Bertz CT molecular complexity index is 173. The monoisotopic (exact) mass is 282 g/mol. The van der Waals surface area contributed by atoms with E-state index in [1.54, 1.807) is 13.8 Å². The van der Waals surface area contributed by atoms with Crippen LogP contribution in [-0.4, -0.2) is 71.3 Å². The molecule has 0 aliphatic heterocycles. The van der Waals surface area contributed by atoms with Crippen molar-refractivity contribution in [1.82, 2.24) is 0 Å². The second-order valence-electron chi connectivity index (χ2n) is 4.56. The molecule has 4 unspecified atom stereocenters. The summed E-state index contributed by atoms with van der Waals surface area (Å²) in [6.07, 6.45) is -0.528. The lowest BCUT2D eigenvalue weighted by molar-refractivity contribution is -0.0620. The van der Waals surface area contributed by atoms with Crippen LogP contribution in [0.15, 0.2) is 0 Å². The van der Waals surface area contributed by atoms with Gasteiger partial charge in [0, 0.05) is 0 Å². The van der Waals surface area contributed by atoms with Crippen LogP contribution in [0.5, 0.6) is 0 Å². The highest BCUT2D eigenvalue weighted by molar-refractivity contribution is 4.52. The van der Waals surface area contributed by atoms with Crippen LogP contribution in [0.3, 0.4) is 0 Å². The van der Waals surface area contributed by atoms with Gasteiger partial charge in [0.1, 0.15) is 0 Å². The molecule has 0 rings (SSSR count). The van der Waals surface area contributed by atoms with E-state index in [1.807, 2.05) is 13.8 Å². The Morgan fingerprint density at radius 2 is 1.37 bits per heavy atom. The van der Waals surface area contributed by atoms with Crippen LogP contribution in [0, 0.1) is 0 Å². The predicted octanol–water partition coefficient (Wildman–Crippen LogP) is -0.0807. The van der Waals surface area contributed by atoms with E-state index in [4.69, 9.17) is 29.9 Å².